The highest BCUT2D eigenvalue weighted by Crippen LogP contribution is 2.18. The molecule has 0 aliphatic carbocycles. The summed E-state index contributed by atoms with van der Waals surface area (Å²) in [7, 11) is 0. The first-order chi connectivity index (χ1) is 8.36. The molecule has 0 bridgehead atoms. The number of hydrogen-bond acceptors (Lipinski definition) is 3. The fourth-order valence-electron chi connectivity index (χ4n) is 1.66. The summed E-state index contributed by atoms with van der Waals surface area (Å²) in [6.07, 6.45) is 3.53. The van der Waals surface area contributed by atoms with Gasteiger partial charge in [0.1, 0.15) is 0 Å². The molecule has 1 aliphatic rings. The Morgan fingerprint density at radius 1 is 1.29 bits per heavy atom. The highest BCUT2D eigenvalue weighted by atomic mass is 32.2. The van der Waals surface area contributed by atoms with E-state index in [2.05, 4.69) is 4.99 Å². The van der Waals surface area contributed by atoms with Crippen molar-refractivity contribution < 1.29 is 9.13 Å². The maximum atomic E-state index is 13.2. The van der Waals surface area contributed by atoms with Crippen molar-refractivity contribution in [3.8, 4) is 5.75 Å². The van der Waals surface area contributed by atoms with Gasteiger partial charge in [0.25, 0.3) is 0 Å². The molecule has 0 atom stereocenters. The van der Waals surface area contributed by atoms with Gasteiger partial charge < -0.3 is 4.74 Å². The van der Waals surface area contributed by atoms with Crippen LogP contribution < -0.4 is 4.74 Å². The van der Waals surface area contributed by atoms with Crippen LogP contribution in [0.5, 0.6) is 5.75 Å². The highest BCUT2D eigenvalue weighted by Gasteiger charge is 2.06. The Hall–Kier alpha value is -1.03. The molecule has 1 aromatic rings. The number of aliphatic imine (C=N–C) groups is 1. The zero-order valence-corrected chi connectivity index (χ0v) is 10.5. The molecule has 0 radical (unpaired) electrons. The van der Waals surface area contributed by atoms with Crippen LogP contribution >= 0.6 is 11.8 Å². The van der Waals surface area contributed by atoms with E-state index in [1.54, 1.807) is 30.0 Å². The Morgan fingerprint density at radius 3 is 2.94 bits per heavy atom. The molecule has 1 aromatic carbocycles. The minimum Gasteiger partial charge on any atom is -0.490 e. The average Bonchev–Trinajstić information content (AvgIpc) is 2.38. The van der Waals surface area contributed by atoms with Crippen LogP contribution in [0.4, 0.5) is 4.39 Å². The van der Waals surface area contributed by atoms with E-state index in [1.807, 2.05) is 0 Å². The van der Waals surface area contributed by atoms with Gasteiger partial charge in [-0.15, -0.1) is 11.8 Å². The second-order valence-corrected chi connectivity index (χ2v) is 5.03. The summed E-state index contributed by atoms with van der Waals surface area (Å²) in [4.78, 5) is 4.44. The second kappa shape index (κ2) is 6.64. The van der Waals surface area contributed by atoms with Crippen molar-refractivity contribution in [3.05, 3.63) is 30.1 Å². The lowest BCUT2D eigenvalue weighted by Crippen LogP contribution is -2.07. The third-order valence-electron chi connectivity index (χ3n) is 2.53. The number of halogens is 1. The summed E-state index contributed by atoms with van der Waals surface area (Å²) in [5.41, 5.74) is 0. The van der Waals surface area contributed by atoms with Gasteiger partial charge in [0.2, 0.25) is 0 Å². The Kier molecular flexibility index (Phi) is 4.86. The van der Waals surface area contributed by atoms with Crippen LogP contribution in [0.1, 0.15) is 19.3 Å². The van der Waals surface area contributed by atoms with Crippen LogP contribution in [0.2, 0.25) is 0 Å². The van der Waals surface area contributed by atoms with Crippen molar-refractivity contribution in [2.24, 2.45) is 4.99 Å². The summed E-state index contributed by atoms with van der Waals surface area (Å²) >= 11 is 1.73. The number of para-hydroxylation sites is 1. The first kappa shape index (κ1) is 12.4. The van der Waals surface area contributed by atoms with E-state index < -0.39 is 0 Å². The zero-order valence-electron chi connectivity index (χ0n) is 9.69. The predicted molar refractivity (Wildman–Crippen MR) is 70.5 cm³/mol. The Bertz CT molecular complexity index is 395. The van der Waals surface area contributed by atoms with Crippen LogP contribution in [0.3, 0.4) is 0 Å². The number of thioether (sulfide) groups is 1. The lowest BCUT2D eigenvalue weighted by molar-refractivity contribution is 0.325. The topological polar surface area (TPSA) is 21.6 Å². The minimum absolute atomic E-state index is 0.299. The standard InChI is InChI=1S/C13H16FNOS/c14-11-5-1-2-6-12(11)16-9-10-17-13-7-3-4-8-15-13/h1-2,5-6H,3-4,7-10H2. The summed E-state index contributed by atoms with van der Waals surface area (Å²) in [6, 6.07) is 6.50. The summed E-state index contributed by atoms with van der Waals surface area (Å²) in [5.74, 6) is 0.860. The monoisotopic (exact) mass is 253 g/mol. The summed E-state index contributed by atoms with van der Waals surface area (Å²) < 4.78 is 18.6. The summed E-state index contributed by atoms with van der Waals surface area (Å²) in [6.45, 7) is 1.47. The molecule has 92 valence electrons. The van der Waals surface area contributed by atoms with Gasteiger partial charge in [0, 0.05) is 12.3 Å². The molecular weight excluding hydrogens is 237 g/mol. The van der Waals surface area contributed by atoms with Gasteiger partial charge in [-0.1, -0.05) is 12.1 Å². The van der Waals surface area contributed by atoms with E-state index >= 15 is 0 Å². The van der Waals surface area contributed by atoms with E-state index in [1.165, 1.54) is 24.0 Å². The molecule has 0 saturated heterocycles. The third kappa shape index (κ3) is 4.04. The van der Waals surface area contributed by atoms with Gasteiger partial charge in [-0.3, -0.25) is 4.99 Å². The predicted octanol–water partition coefficient (Wildman–Crippen LogP) is 3.52. The molecule has 0 unspecified atom stereocenters. The number of rotatable bonds is 4. The van der Waals surface area contributed by atoms with Crippen molar-refractivity contribution >= 4 is 16.8 Å². The van der Waals surface area contributed by atoms with E-state index in [-0.39, 0.29) is 5.82 Å². The lowest BCUT2D eigenvalue weighted by Gasteiger charge is -2.11. The number of ether oxygens (including phenoxy) is 1. The quantitative estimate of drug-likeness (QED) is 0.766. The molecular formula is C13H16FNOS. The van der Waals surface area contributed by atoms with E-state index in [4.69, 9.17) is 4.74 Å². The average molecular weight is 253 g/mol. The highest BCUT2D eigenvalue weighted by molar-refractivity contribution is 8.13. The molecule has 1 aliphatic heterocycles. The zero-order chi connectivity index (χ0) is 11.9. The van der Waals surface area contributed by atoms with Gasteiger partial charge in [-0.05, 0) is 31.4 Å². The molecule has 0 spiro atoms. The van der Waals surface area contributed by atoms with Crippen molar-refractivity contribution in [2.45, 2.75) is 19.3 Å². The van der Waals surface area contributed by atoms with Gasteiger partial charge in [0.15, 0.2) is 11.6 Å². The van der Waals surface area contributed by atoms with Gasteiger partial charge >= 0.3 is 0 Å². The van der Waals surface area contributed by atoms with E-state index in [9.17, 15) is 4.39 Å². The van der Waals surface area contributed by atoms with E-state index in [0.29, 0.717) is 12.4 Å². The fourth-order valence-corrected chi connectivity index (χ4v) is 2.54. The first-order valence-electron chi connectivity index (χ1n) is 5.90. The Balaban J connectivity index is 1.69. The maximum absolute atomic E-state index is 13.2. The molecule has 0 fully saturated rings. The Labute approximate surface area is 105 Å². The van der Waals surface area contributed by atoms with Crippen LogP contribution in [0, 0.1) is 5.82 Å². The van der Waals surface area contributed by atoms with Gasteiger partial charge in [-0.2, -0.15) is 0 Å². The largest absolute Gasteiger partial charge is 0.490 e. The minimum atomic E-state index is -0.299. The van der Waals surface area contributed by atoms with Crippen LogP contribution in [0.25, 0.3) is 0 Å². The summed E-state index contributed by atoms with van der Waals surface area (Å²) in [5, 5.41) is 1.22. The van der Waals surface area contributed by atoms with Crippen molar-refractivity contribution in [1.82, 2.24) is 0 Å². The molecule has 0 N–H and O–H groups in total. The first-order valence-corrected chi connectivity index (χ1v) is 6.88. The smallest absolute Gasteiger partial charge is 0.165 e. The van der Waals surface area contributed by atoms with E-state index in [0.717, 1.165) is 18.7 Å². The number of nitrogens with zero attached hydrogens (tertiary/aromatic N) is 1. The molecule has 2 rings (SSSR count). The molecule has 0 saturated carbocycles. The van der Waals surface area contributed by atoms with Crippen molar-refractivity contribution in [2.75, 3.05) is 18.9 Å². The van der Waals surface area contributed by atoms with Crippen molar-refractivity contribution in [1.29, 1.82) is 0 Å². The van der Waals surface area contributed by atoms with Gasteiger partial charge in [0.05, 0.1) is 11.7 Å². The molecule has 0 amide bonds. The SMILES string of the molecule is Fc1ccccc1OCCSC1=NCCCC1. The molecule has 4 heteroatoms. The molecule has 17 heavy (non-hydrogen) atoms. The second-order valence-electron chi connectivity index (χ2n) is 3.86. The van der Waals surface area contributed by atoms with Crippen LogP contribution in [-0.4, -0.2) is 23.9 Å². The lowest BCUT2D eigenvalue weighted by atomic mass is 10.2. The normalized spacial score (nSPS) is 15.5. The maximum Gasteiger partial charge on any atom is 0.165 e. The van der Waals surface area contributed by atoms with Crippen LogP contribution in [0.15, 0.2) is 29.3 Å². The fraction of sp³-hybridized carbons (Fsp3) is 0.462. The molecule has 1 heterocycles. The number of hydrogen-bond donors (Lipinski definition) is 0. The van der Waals surface area contributed by atoms with Crippen LogP contribution in [-0.2, 0) is 0 Å². The molecule has 2 nitrogen and oxygen atoms in total. The molecule has 0 aromatic heterocycles. The third-order valence-corrected chi connectivity index (χ3v) is 3.57. The Morgan fingerprint density at radius 2 is 2.18 bits per heavy atom. The van der Waals surface area contributed by atoms with Crippen molar-refractivity contribution in [3.63, 3.8) is 0 Å². The number of benzene rings is 1. The van der Waals surface area contributed by atoms with Gasteiger partial charge in [-0.25, -0.2) is 4.39 Å².